The Bertz CT molecular complexity index is 1410. The summed E-state index contributed by atoms with van der Waals surface area (Å²) in [4.78, 5) is 41.0. The third kappa shape index (κ3) is 7.57. The molecule has 3 aromatic carbocycles. The fraction of sp³-hybridized carbons (Fsp3) is 0.324. The van der Waals surface area contributed by atoms with Crippen molar-refractivity contribution in [2.75, 3.05) is 13.7 Å². The van der Waals surface area contributed by atoms with Gasteiger partial charge in [0.05, 0.1) is 13.0 Å². The minimum absolute atomic E-state index is 0.00879. The minimum atomic E-state index is -0.876. The number of esters is 1. The average molecular weight is 572 g/mol. The largest absolute Gasteiger partial charge is 0.493 e. The molecule has 2 atom stereocenters. The molecule has 220 valence electrons. The van der Waals surface area contributed by atoms with Crippen LogP contribution >= 0.6 is 0 Å². The number of hydrogen-bond donors (Lipinski definition) is 0. The second-order valence-electron chi connectivity index (χ2n) is 11.1. The molecule has 0 unspecified atom stereocenters. The molecule has 8 heteroatoms. The minimum Gasteiger partial charge on any atom is -0.493 e. The average Bonchev–Trinajstić information content (AvgIpc) is 3.36. The van der Waals surface area contributed by atoms with Crippen LogP contribution in [0.1, 0.15) is 56.2 Å². The first-order valence-corrected chi connectivity index (χ1v) is 13.9. The van der Waals surface area contributed by atoms with Crippen LogP contribution < -0.4 is 9.47 Å². The molecule has 1 fully saturated rings. The first-order valence-electron chi connectivity index (χ1n) is 13.9. The zero-order valence-electron chi connectivity index (χ0n) is 24.5. The summed E-state index contributed by atoms with van der Waals surface area (Å²) in [5.74, 6) is -0.891. The second kappa shape index (κ2) is 13.4. The van der Waals surface area contributed by atoms with Gasteiger partial charge in [0.25, 0.3) is 0 Å². The molecule has 0 radical (unpaired) electrons. The van der Waals surface area contributed by atoms with Gasteiger partial charge in [0.2, 0.25) is 5.91 Å². The van der Waals surface area contributed by atoms with E-state index in [1.165, 1.54) is 7.11 Å². The first-order chi connectivity index (χ1) is 20.1. The van der Waals surface area contributed by atoms with Crippen molar-refractivity contribution in [3.63, 3.8) is 0 Å². The van der Waals surface area contributed by atoms with Gasteiger partial charge in [-0.2, -0.15) is 0 Å². The Morgan fingerprint density at radius 1 is 1.00 bits per heavy atom. The summed E-state index contributed by atoms with van der Waals surface area (Å²) >= 11 is 0. The summed E-state index contributed by atoms with van der Waals surface area (Å²) in [6.45, 7) is 9.81. The van der Waals surface area contributed by atoms with E-state index in [2.05, 4.69) is 6.58 Å². The van der Waals surface area contributed by atoms with Gasteiger partial charge in [-0.25, -0.2) is 9.69 Å². The van der Waals surface area contributed by atoms with Crippen molar-refractivity contribution in [2.24, 2.45) is 0 Å². The maximum absolute atomic E-state index is 14.2. The lowest BCUT2D eigenvalue weighted by molar-refractivity contribution is -0.155. The molecule has 0 spiro atoms. The fourth-order valence-electron chi connectivity index (χ4n) is 4.78. The highest BCUT2D eigenvalue weighted by Gasteiger charge is 2.43. The monoisotopic (exact) mass is 571 g/mol. The lowest BCUT2D eigenvalue weighted by Crippen LogP contribution is -2.42. The van der Waals surface area contributed by atoms with E-state index in [-0.39, 0.29) is 26.1 Å². The topological polar surface area (TPSA) is 91.4 Å². The Hall–Kier alpha value is -4.59. The number of benzene rings is 3. The zero-order valence-corrected chi connectivity index (χ0v) is 24.5. The molecule has 8 nitrogen and oxygen atoms in total. The Labute approximate surface area is 246 Å². The number of nitrogens with zero attached hydrogens (tertiary/aromatic N) is 1. The van der Waals surface area contributed by atoms with Crippen molar-refractivity contribution < 1.29 is 33.3 Å². The molecule has 1 aliphatic rings. The van der Waals surface area contributed by atoms with E-state index < -0.39 is 35.5 Å². The SMILES string of the molecule is C=C(c1ccccc1)[C@H]1COC(=O)N1C(=O)[C@@H](CCC(=O)OC(C)(C)C)c1ccc(OC)c(OCc2ccccc2)c1. The zero-order chi connectivity index (χ0) is 30.3. The van der Waals surface area contributed by atoms with Crippen molar-refractivity contribution in [1.29, 1.82) is 0 Å². The summed E-state index contributed by atoms with van der Waals surface area (Å²) in [7, 11) is 1.54. The predicted octanol–water partition coefficient (Wildman–Crippen LogP) is 6.54. The van der Waals surface area contributed by atoms with E-state index in [4.69, 9.17) is 18.9 Å². The van der Waals surface area contributed by atoms with Crippen molar-refractivity contribution in [2.45, 2.75) is 57.8 Å². The third-order valence-electron chi connectivity index (χ3n) is 6.84. The molecule has 1 heterocycles. The Balaban J connectivity index is 1.66. The van der Waals surface area contributed by atoms with Crippen LogP contribution in [0.25, 0.3) is 5.57 Å². The quantitative estimate of drug-likeness (QED) is 0.241. The Morgan fingerprint density at radius 2 is 1.67 bits per heavy atom. The van der Waals surface area contributed by atoms with E-state index in [1.807, 2.05) is 60.7 Å². The second-order valence-corrected chi connectivity index (χ2v) is 11.1. The Morgan fingerprint density at radius 3 is 2.31 bits per heavy atom. The molecule has 2 amide bonds. The number of cyclic esters (lactones) is 1. The van der Waals surface area contributed by atoms with Crippen LogP contribution in [0.4, 0.5) is 4.79 Å². The molecule has 0 aliphatic carbocycles. The van der Waals surface area contributed by atoms with E-state index in [1.54, 1.807) is 39.0 Å². The van der Waals surface area contributed by atoms with Crippen LogP contribution in [0, 0.1) is 0 Å². The molecular formula is C34H37NO7. The number of methoxy groups -OCH3 is 1. The van der Waals surface area contributed by atoms with Crippen molar-refractivity contribution in [3.8, 4) is 11.5 Å². The molecule has 42 heavy (non-hydrogen) atoms. The van der Waals surface area contributed by atoms with Gasteiger partial charge in [-0.05, 0) is 61.6 Å². The number of carbonyl (C=O) groups excluding carboxylic acids is 3. The summed E-state index contributed by atoms with van der Waals surface area (Å²) in [5, 5.41) is 0. The van der Waals surface area contributed by atoms with Crippen LogP contribution in [0.3, 0.4) is 0 Å². The van der Waals surface area contributed by atoms with E-state index >= 15 is 0 Å². The summed E-state index contributed by atoms with van der Waals surface area (Å²) in [6.07, 6.45) is -0.682. The van der Waals surface area contributed by atoms with E-state index in [0.717, 1.165) is 16.0 Å². The fourth-order valence-corrected chi connectivity index (χ4v) is 4.78. The van der Waals surface area contributed by atoms with Crippen molar-refractivity contribution in [3.05, 3.63) is 102 Å². The van der Waals surface area contributed by atoms with Gasteiger partial charge in [-0.3, -0.25) is 9.59 Å². The van der Waals surface area contributed by atoms with Gasteiger partial charge in [0.15, 0.2) is 11.5 Å². The summed E-state index contributed by atoms with van der Waals surface area (Å²) in [5.41, 5.74) is 2.24. The maximum Gasteiger partial charge on any atom is 0.417 e. The number of amides is 2. The highest BCUT2D eigenvalue weighted by atomic mass is 16.6. The van der Waals surface area contributed by atoms with Gasteiger partial charge in [-0.15, -0.1) is 0 Å². The van der Waals surface area contributed by atoms with Crippen LogP contribution in [0.15, 0.2) is 85.4 Å². The van der Waals surface area contributed by atoms with Crippen LogP contribution in [-0.2, 0) is 25.7 Å². The standard InChI is InChI=1S/C34H37NO7/c1-23(25-14-10-7-11-15-25)28-22-41-33(38)35(28)32(37)27(17-19-31(36)42-34(2,3)4)26-16-18-29(39-5)30(20-26)40-21-24-12-8-6-9-13-24/h6-16,18,20,27-28H,1,17,19,21-22H2,2-5H3/t27-,28+/m0/s1. The lowest BCUT2D eigenvalue weighted by Gasteiger charge is -2.27. The van der Waals surface area contributed by atoms with Gasteiger partial charge < -0.3 is 18.9 Å². The smallest absolute Gasteiger partial charge is 0.417 e. The van der Waals surface area contributed by atoms with Gasteiger partial charge in [-0.1, -0.05) is 73.3 Å². The van der Waals surface area contributed by atoms with Crippen molar-refractivity contribution in [1.82, 2.24) is 4.90 Å². The van der Waals surface area contributed by atoms with E-state index in [9.17, 15) is 14.4 Å². The molecule has 0 bridgehead atoms. The van der Waals surface area contributed by atoms with Gasteiger partial charge in [0, 0.05) is 6.42 Å². The molecule has 4 rings (SSSR count). The molecule has 1 saturated heterocycles. The highest BCUT2D eigenvalue weighted by molar-refractivity contribution is 5.99. The molecular weight excluding hydrogens is 534 g/mol. The third-order valence-corrected chi connectivity index (χ3v) is 6.84. The van der Waals surface area contributed by atoms with Crippen molar-refractivity contribution >= 4 is 23.5 Å². The lowest BCUT2D eigenvalue weighted by atomic mass is 9.91. The predicted molar refractivity (Wildman–Crippen MR) is 159 cm³/mol. The molecule has 0 aromatic heterocycles. The van der Waals surface area contributed by atoms with Gasteiger partial charge in [0.1, 0.15) is 24.9 Å². The number of carbonyl (C=O) groups is 3. The molecule has 0 saturated carbocycles. The van der Waals surface area contributed by atoms with E-state index in [0.29, 0.717) is 22.6 Å². The number of hydrogen-bond acceptors (Lipinski definition) is 7. The van der Waals surface area contributed by atoms with Crippen LogP contribution in [0.5, 0.6) is 11.5 Å². The molecule has 0 N–H and O–H groups in total. The normalized spacial score (nSPS) is 15.5. The number of rotatable bonds is 11. The maximum atomic E-state index is 14.2. The van der Waals surface area contributed by atoms with Crippen LogP contribution in [0.2, 0.25) is 0 Å². The number of ether oxygens (including phenoxy) is 4. The molecule has 3 aromatic rings. The first kappa shape index (κ1) is 30.4. The Kier molecular flexibility index (Phi) is 9.68. The van der Waals surface area contributed by atoms with Gasteiger partial charge >= 0.3 is 12.1 Å². The number of imide groups is 1. The highest BCUT2D eigenvalue weighted by Crippen LogP contribution is 2.36. The summed E-state index contributed by atoms with van der Waals surface area (Å²) in [6, 6.07) is 23.5. The molecule has 1 aliphatic heterocycles. The summed E-state index contributed by atoms with van der Waals surface area (Å²) < 4.78 is 22.4. The van der Waals surface area contributed by atoms with Crippen LogP contribution in [-0.4, -0.2) is 48.2 Å².